The van der Waals surface area contributed by atoms with E-state index in [0.29, 0.717) is 17.8 Å². The molecule has 0 bridgehead atoms. The Labute approximate surface area is 164 Å². The Kier molecular flexibility index (Phi) is 5.97. The van der Waals surface area contributed by atoms with Gasteiger partial charge in [0.25, 0.3) is 0 Å². The van der Waals surface area contributed by atoms with Gasteiger partial charge in [0.2, 0.25) is 5.91 Å². The number of anilines is 2. The molecule has 0 aliphatic carbocycles. The van der Waals surface area contributed by atoms with Crippen LogP contribution in [0.1, 0.15) is 42.0 Å². The summed E-state index contributed by atoms with van der Waals surface area (Å²) >= 11 is 0. The number of carboxylic acids is 1. The average molecular weight is 384 g/mol. The van der Waals surface area contributed by atoms with Crippen LogP contribution in [0, 0.1) is 12.7 Å². The van der Waals surface area contributed by atoms with Gasteiger partial charge in [-0.3, -0.25) is 9.59 Å². The molecule has 0 radical (unpaired) electrons. The second-order valence-corrected chi connectivity index (χ2v) is 7.19. The van der Waals surface area contributed by atoms with Crippen molar-refractivity contribution in [1.29, 1.82) is 0 Å². The van der Waals surface area contributed by atoms with Gasteiger partial charge in [-0.2, -0.15) is 0 Å². The maximum atomic E-state index is 14.2. The average Bonchev–Trinajstić information content (AvgIpc) is 2.66. The molecule has 5 nitrogen and oxygen atoms in total. The first kappa shape index (κ1) is 19.9. The van der Waals surface area contributed by atoms with E-state index in [1.165, 1.54) is 11.6 Å². The largest absolute Gasteiger partial charge is 0.481 e. The number of carbonyl (C=O) groups is 2. The molecule has 2 aromatic rings. The molecule has 0 saturated heterocycles. The smallest absolute Gasteiger partial charge is 0.303 e. The molecular weight excluding hydrogens is 359 g/mol. The molecule has 0 saturated carbocycles. The van der Waals surface area contributed by atoms with Gasteiger partial charge in [-0.05, 0) is 60.6 Å². The molecule has 148 valence electrons. The number of benzene rings is 2. The third-order valence-electron chi connectivity index (χ3n) is 5.25. The van der Waals surface area contributed by atoms with Crippen molar-refractivity contribution >= 4 is 23.3 Å². The topological polar surface area (TPSA) is 69.6 Å². The number of nitrogens with zero attached hydrogens (tertiary/aromatic N) is 1. The van der Waals surface area contributed by atoms with Crippen molar-refractivity contribution in [3.8, 4) is 0 Å². The Hall–Kier alpha value is -2.89. The van der Waals surface area contributed by atoms with Crippen molar-refractivity contribution in [2.24, 2.45) is 0 Å². The molecule has 0 unspecified atom stereocenters. The van der Waals surface area contributed by atoms with Crippen LogP contribution in [-0.2, 0) is 29.0 Å². The number of aryl methyl sites for hydroxylation is 2. The molecule has 3 rings (SSSR count). The van der Waals surface area contributed by atoms with Gasteiger partial charge in [-0.25, -0.2) is 4.39 Å². The highest BCUT2D eigenvalue weighted by Gasteiger charge is 2.23. The Morgan fingerprint density at radius 3 is 2.64 bits per heavy atom. The van der Waals surface area contributed by atoms with Crippen LogP contribution in [0.2, 0.25) is 0 Å². The highest BCUT2D eigenvalue weighted by atomic mass is 19.1. The predicted octanol–water partition coefficient (Wildman–Crippen LogP) is 4.06. The van der Waals surface area contributed by atoms with Crippen LogP contribution in [0.5, 0.6) is 0 Å². The number of carbonyl (C=O) groups excluding carboxylic acids is 1. The zero-order chi connectivity index (χ0) is 20.3. The second kappa shape index (κ2) is 8.42. The Balaban J connectivity index is 1.75. The highest BCUT2D eigenvalue weighted by molar-refractivity contribution is 5.94. The van der Waals surface area contributed by atoms with E-state index in [1.54, 1.807) is 19.1 Å². The quantitative estimate of drug-likeness (QED) is 0.788. The highest BCUT2D eigenvalue weighted by Crippen LogP contribution is 2.33. The van der Waals surface area contributed by atoms with Crippen molar-refractivity contribution in [2.45, 2.75) is 46.1 Å². The summed E-state index contributed by atoms with van der Waals surface area (Å²) in [5.41, 5.74) is 5.36. The summed E-state index contributed by atoms with van der Waals surface area (Å²) in [6.07, 6.45) is 2.02. The maximum absolute atomic E-state index is 14.2. The standard InChI is InChI=1S/C22H25FN2O3/c1-14-18(6-5-17-4-3-11-25(15(2)26)22(14)17)13-24-19-9-7-16(20(23)12-19)8-10-21(27)28/h5-7,9,12,24H,3-4,8,10-11,13H2,1-2H3,(H,27,28). The van der Waals surface area contributed by atoms with Gasteiger partial charge in [-0.1, -0.05) is 18.2 Å². The molecule has 0 fully saturated rings. The Bertz CT molecular complexity index is 911. The fraction of sp³-hybridized carbons (Fsp3) is 0.364. The summed E-state index contributed by atoms with van der Waals surface area (Å²) in [5, 5.41) is 12.0. The van der Waals surface area contributed by atoms with E-state index in [1.807, 2.05) is 11.8 Å². The van der Waals surface area contributed by atoms with Gasteiger partial charge in [0, 0.05) is 32.1 Å². The Morgan fingerprint density at radius 1 is 1.21 bits per heavy atom. The van der Waals surface area contributed by atoms with Gasteiger partial charge in [0.15, 0.2) is 0 Å². The van der Waals surface area contributed by atoms with Gasteiger partial charge in [0.1, 0.15) is 5.82 Å². The molecule has 1 aliphatic heterocycles. The Morgan fingerprint density at radius 2 is 1.96 bits per heavy atom. The lowest BCUT2D eigenvalue weighted by molar-refractivity contribution is -0.137. The zero-order valence-electron chi connectivity index (χ0n) is 16.2. The minimum absolute atomic E-state index is 0.0492. The van der Waals surface area contributed by atoms with Crippen LogP contribution in [0.15, 0.2) is 30.3 Å². The second-order valence-electron chi connectivity index (χ2n) is 7.19. The van der Waals surface area contributed by atoms with Crippen LogP contribution in [0.25, 0.3) is 0 Å². The molecular formula is C22H25FN2O3. The number of nitrogens with one attached hydrogen (secondary N) is 1. The number of aliphatic carboxylic acids is 1. The minimum atomic E-state index is -0.941. The van der Waals surface area contributed by atoms with E-state index in [-0.39, 0.29) is 18.7 Å². The molecule has 2 aromatic carbocycles. The van der Waals surface area contributed by atoms with E-state index >= 15 is 0 Å². The van der Waals surface area contributed by atoms with Crippen LogP contribution in [-0.4, -0.2) is 23.5 Å². The molecule has 1 amide bonds. The number of hydrogen-bond donors (Lipinski definition) is 2. The number of carboxylic acid groups (broad SMARTS) is 1. The van der Waals surface area contributed by atoms with Crippen molar-refractivity contribution in [3.05, 3.63) is 58.4 Å². The van der Waals surface area contributed by atoms with Gasteiger partial charge in [0.05, 0.1) is 5.69 Å². The maximum Gasteiger partial charge on any atom is 0.303 e. The number of halogens is 1. The number of rotatable bonds is 6. The lowest BCUT2D eigenvalue weighted by atomic mass is 9.94. The van der Waals surface area contributed by atoms with Crippen LogP contribution >= 0.6 is 0 Å². The number of hydrogen-bond acceptors (Lipinski definition) is 3. The molecule has 0 spiro atoms. The van der Waals surface area contributed by atoms with Crippen molar-refractivity contribution in [3.63, 3.8) is 0 Å². The zero-order valence-corrected chi connectivity index (χ0v) is 16.2. The summed E-state index contributed by atoms with van der Waals surface area (Å²) in [5.74, 6) is -1.30. The van der Waals surface area contributed by atoms with Gasteiger partial charge >= 0.3 is 5.97 Å². The van der Waals surface area contributed by atoms with E-state index in [4.69, 9.17) is 5.11 Å². The van der Waals surface area contributed by atoms with E-state index in [9.17, 15) is 14.0 Å². The third kappa shape index (κ3) is 4.32. The summed E-state index contributed by atoms with van der Waals surface area (Å²) in [7, 11) is 0. The molecule has 28 heavy (non-hydrogen) atoms. The summed E-state index contributed by atoms with van der Waals surface area (Å²) in [6, 6.07) is 8.91. The van der Waals surface area contributed by atoms with E-state index in [0.717, 1.165) is 36.2 Å². The van der Waals surface area contributed by atoms with E-state index in [2.05, 4.69) is 17.4 Å². The lowest BCUT2D eigenvalue weighted by Gasteiger charge is -2.31. The first-order chi connectivity index (χ1) is 13.4. The fourth-order valence-electron chi connectivity index (χ4n) is 3.72. The van der Waals surface area contributed by atoms with Crippen molar-refractivity contribution in [2.75, 3.05) is 16.8 Å². The predicted molar refractivity (Wildman–Crippen MR) is 107 cm³/mol. The normalized spacial score (nSPS) is 13.2. The third-order valence-corrected chi connectivity index (χ3v) is 5.25. The fourth-order valence-corrected chi connectivity index (χ4v) is 3.72. The monoisotopic (exact) mass is 384 g/mol. The first-order valence-corrected chi connectivity index (χ1v) is 9.50. The number of fused-ring (bicyclic) bond motifs is 1. The molecule has 2 N–H and O–H groups in total. The van der Waals surface area contributed by atoms with Gasteiger partial charge in [-0.15, -0.1) is 0 Å². The van der Waals surface area contributed by atoms with Crippen LogP contribution in [0.4, 0.5) is 15.8 Å². The summed E-state index contributed by atoms with van der Waals surface area (Å²) in [4.78, 5) is 24.5. The molecule has 0 atom stereocenters. The SMILES string of the molecule is CC(=O)N1CCCc2ccc(CNc3ccc(CCC(=O)O)c(F)c3)c(C)c21. The summed E-state index contributed by atoms with van der Waals surface area (Å²) in [6.45, 7) is 4.86. The van der Waals surface area contributed by atoms with Crippen molar-refractivity contribution < 1.29 is 19.1 Å². The first-order valence-electron chi connectivity index (χ1n) is 9.50. The molecule has 1 aliphatic rings. The molecule has 1 heterocycles. The lowest BCUT2D eigenvalue weighted by Crippen LogP contribution is -2.34. The minimum Gasteiger partial charge on any atom is -0.481 e. The van der Waals surface area contributed by atoms with E-state index < -0.39 is 11.8 Å². The van der Waals surface area contributed by atoms with Crippen molar-refractivity contribution in [1.82, 2.24) is 0 Å². The molecule has 6 heteroatoms. The molecule has 0 aromatic heterocycles. The van der Waals surface area contributed by atoms with Gasteiger partial charge < -0.3 is 15.3 Å². The number of amides is 1. The summed E-state index contributed by atoms with van der Waals surface area (Å²) < 4.78 is 14.2. The van der Waals surface area contributed by atoms with Crippen LogP contribution < -0.4 is 10.2 Å². The van der Waals surface area contributed by atoms with Crippen LogP contribution in [0.3, 0.4) is 0 Å².